The molecular weight excluding hydrogens is 426 g/mol. The molecule has 2 aromatic carbocycles. The molecule has 0 bridgehead atoms. The highest BCUT2D eigenvalue weighted by molar-refractivity contribution is 7.98. The number of hydrogen-bond acceptors (Lipinski definition) is 3. The number of pyridine rings is 2. The van der Waals surface area contributed by atoms with Gasteiger partial charge in [-0.1, -0.05) is 48.0 Å². The van der Waals surface area contributed by atoms with Crippen LogP contribution in [-0.4, -0.2) is 13.9 Å². The Morgan fingerprint density at radius 2 is 1.71 bits per heavy atom. The van der Waals surface area contributed by atoms with Crippen LogP contribution in [0.15, 0.2) is 94.7 Å². The molecule has 0 fully saturated rings. The number of halogens is 1. The smallest absolute Gasteiger partial charge is 0.249 e. The minimum Gasteiger partial charge on any atom is -0.322 e. The van der Waals surface area contributed by atoms with Crippen LogP contribution in [0.2, 0.25) is 5.02 Å². The molecule has 3 heterocycles. The van der Waals surface area contributed by atoms with Gasteiger partial charge >= 0.3 is 0 Å². The SMILES string of the molecule is Cc1cc2c(-c3cc(-c4ccccc4Cl)[nH]c(=O)c3)ccnc2n1Sc1ccccc1. The predicted octanol–water partition coefficient (Wildman–Crippen LogP) is 6.58. The number of nitrogens with zero attached hydrogens (tertiary/aromatic N) is 2. The van der Waals surface area contributed by atoms with Crippen LogP contribution < -0.4 is 5.56 Å². The number of aromatic nitrogens is 3. The van der Waals surface area contributed by atoms with Gasteiger partial charge in [-0.3, -0.25) is 8.77 Å². The minimum absolute atomic E-state index is 0.174. The van der Waals surface area contributed by atoms with Gasteiger partial charge < -0.3 is 4.98 Å². The van der Waals surface area contributed by atoms with Crippen molar-refractivity contribution in [2.45, 2.75) is 11.8 Å². The highest BCUT2D eigenvalue weighted by Gasteiger charge is 2.15. The molecule has 152 valence electrons. The van der Waals surface area contributed by atoms with E-state index in [2.05, 4.69) is 39.1 Å². The fourth-order valence-corrected chi connectivity index (χ4v) is 4.83. The van der Waals surface area contributed by atoms with Gasteiger partial charge in [-0.2, -0.15) is 0 Å². The number of benzene rings is 2. The summed E-state index contributed by atoms with van der Waals surface area (Å²) in [4.78, 5) is 21.2. The first kappa shape index (κ1) is 19.7. The van der Waals surface area contributed by atoms with Crippen LogP contribution in [0.4, 0.5) is 0 Å². The first-order chi connectivity index (χ1) is 15.1. The van der Waals surface area contributed by atoms with Crippen molar-refractivity contribution in [2.24, 2.45) is 0 Å². The molecule has 31 heavy (non-hydrogen) atoms. The Bertz CT molecular complexity index is 1460. The summed E-state index contributed by atoms with van der Waals surface area (Å²) in [6, 6.07) is 25.3. The van der Waals surface area contributed by atoms with Crippen LogP contribution >= 0.6 is 23.5 Å². The summed E-state index contributed by atoms with van der Waals surface area (Å²) >= 11 is 8.00. The normalized spacial score (nSPS) is 11.2. The van der Waals surface area contributed by atoms with Gasteiger partial charge in [-0.05, 0) is 66.4 Å². The maximum atomic E-state index is 12.5. The average molecular weight is 444 g/mol. The van der Waals surface area contributed by atoms with Gasteiger partial charge in [-0.15, -0.1) is 0 Å². The lowest BCUT2D eigenvalue weighted by molar-refractivity contribution is 1.17. The third-order valence-electron chi connectivity index (χ3n) is 5.09. The van der Waals surface area contributed by atoms with Gasteiger partial charge in [0.05, 0.1) is 5.69 Å². The zero-order valence-electron chi connectivity index (χ0n) is 16.7. The van der Waals surface area contributed by atoms with E-state index in [-0.39, 0.29) is 5.56 Å². The number of rotatable bonds is 4. The fourth-order valence-electron chi connectivity index (χ4n) is 3.68. The van der Waals surface area contributed by atoms with E-state index in [4.69, 9.17) is 11.6 Å². The second kappa shape index (κ2) is 8.10. The van der Waals surface area contributed by atoms with Crippen molar-refractivity contribution in [1.29, 1.82) is 0 Å². The molecule has 3 aromatic heterocycles. The summed E-state index contributed by atoms with van der Waals surface area (Å²) in [7, 11) is 0. The van der Waals surface area contributed by atoms with Crippen LogP contribution in [0.25, 0.3) is 33.4 Å². The van der Waals surface area contributed by atoms with Gasteiger partial charge in [0, 0.05) is 38.8 Å². The Labute approximate surface area is 188 Å². The van der Waals surface area contributed by atoms with E-state index in [9.17, 15) is 4.79 Å². The van der Waals surface area contributed by atoms with Crippen molar-refractivity contribution < 1.29 is 0 Å². The summed E-state index contributed by atoms with van der Waals surface area (Å²) in [5, 5.41) is 1.59. The van der Waals surface area contributed by atoms with Crippen molar-refractivity contribution in [1.82, 2.24) is 13.9 Å². The monoisotopic (exact) mass is 443 g/mol. The van der Waals surface area contributed by atoms with Crippen LogP contribution in [0.1, 0.15) is 5.69 Å². The van der Waals surface area contributed by atoms with E-state index in [0.29, 0.717) is 10.7 Å². The number of aromatic amines is 1. The lowest BCUT2D eigenvalue weighted by Gasteiger charge is -2.09. The Morgan fingerprint density at radius 3 is 2.52 bits per heavy atom. The fraction of sp³-hybridized carbons (Fsp3) is 0.0400. The highest BCUT2D eigenvalue weighted by Crippen LogP contribution is 2.35. The standard InChI is InChI=1S/C25H18ClN3OS/c1-16-13-21-19(11-12-27-25(21)29(16)31-18-7-3-2-4-8-18)17-14-23(28-24(30)15-17)20-9-5-6-10-22(20)26/h2-15H,1H3,(H,28,30). The second-order valence-electron chi connectivity index (χ2n) is 7.21. The van der Waals surface area contributed by atoms with Crippen LogP contribution in [0.3, 0.4) is 0 Å². The van der Waals surface area contributed by atoms with Gasteiger partial charge in [0.25, 0.3) is 0 Å². The summed E-state index contributed by atoms with van der Waals surface area (Å²) in [5.74, 6) is 0. The molecule has 0 aliphatic carbocycles. The average Bonchev–Trinajstić information content (AvgIpc) is 3.09. The Morgan fingerprint density at radius 1 is 0.935 bits per heavy atom. The Hall–Kier alpha value is -3.28. The van der Waals surface area contributed by atoms with Gasteiger partial charge in [0.1, 0.15) is 0 Å². The van der Waals surface area contributed by atoms with Gasteiger partial charge in [0.2, 0.25) is 5.56 Å². The molecule has 5 rings (SSSR count). The quantitative estimate of drug-likeness (QED) is 0.341. The molecule has 0 radical (unpaired) electrons. The molecule has 4 nitrogen and oxygen atoms in total. The molecule has 0 unspecified atom stereocenters. The predicted molar refractivity (Wildman–Crippen MR) is 129 cm³/mol. The zero-order valence-corrected chi connectivity index (χ0v) is 18.2. The number of nitrogens with one attached hydrogen (secondary N) is 1. The number of H-pyrrole nitrogens is 1. The van der Waals surface area contributed by atoms with E-state index in [1.54, 1.807) is 24.2 Å². The van der Waals surface area contributed by atoms with Crippen molar-refractivity contribution in [2.75, 3.05) is 0 Å². The van der Waals surface area contributed by atoms with Crippen molar-refractivity contribution >= 4 is 34.6 Å². The van der Waals surface area contributed by atoms with Gasteiger partial charge in [-0.25, -0.2) is 4.98 Å². The van der Waals surface area contributed by atoms with E-state index < -0.39 is 0 Å². The first-order valence-corrected chi connectivity index (χ1v) is 11.0. The van der Waals surface area contributed by atoms with Crippen LogP contribution in [-0.2, 0) is 0 Å². The summed E-state index contributed by atoms with van der Waals surface area (Å²) in [5.41, 5.74) is 5.04. The third-order valence-corrected chi connectivity index (χ3v) is 6.55. The Kier molecular flexibility index (Phi) is 5.14. The molecule has 0 aliphatic rings. The number of aryl methyl sites for hydroxylation is 1. The first-order valence-electron chi connectivity index (χ1n) is 9.80. The molecule has 0 spiro atoms. The van der Waals surface area contributed by atoms with Crippen molar-refractivity contribution in [3.05, 3.63) is 106 Å². The summed E-state index contributed by atoms with van der Waals surface area (Å²) in [6.45, 7) is 2.06. The summed E-state index contributed by atoms with van der Waals surface area (Å²) < 4.78 is 2.12. The molecule has 0 amide bonds. The topological polar surface area (TPSA) is 50.7 Å². The summed E-state index contributed by atoms with van der Waals surface area (Å²) in [6.07, 6.45) is 1.79. The lowest BCUT2D eigenvalue weighted by Crippen LogP contribution is -2.06. The van der Waals surface area contributed by atoms with Crippen molar-refractivity contribution in [3.63, 3.8) is 0 Å². The number of hydrogen-bond donors (Lipinski definition) is 1. The van der Waals surface area contributed by atoms with Crippen LogP contribution in [0.5, 0.6) is 0 Å². The molecular formula is C25H18ClN3OS. The largest absolute Gasteiger partial charge is 0.322 e. The second-order valence-corrected chi connectivity index (χ2v) is 8.63. The zero-order chi connectivity index (χ0) is 21.4. The molecule has 5 aromatic rings. The maximum Gasteiger partial charge on any atom is 0.249 e. The van der Waals surface area contributed by atoms with E-state index in [1.165, 1.54) is 0 Å². The molecule has 0 atom stereocenters. The van der Waals surface area contributed by atoms with E-state index in [1.807, 2.05) is 54.6 Å². The molecule has 0 saturated heterocycles. The molecule has 0 saturated carbocycles. The Balaban J connectivity index is 1.66. The third kappa shape index (κ3) is 3.78. The lowest BCUT2D eigenvalue weighted by atomic mass is 10.0. The number of fused-ring (bicyclic) bond motifs is 1. The molecule has 0 aliphatic heterocycles. The van der Waals surface area contributed by atoms with Crippen molar-refractivity contribution in [3.8, 4) is 22.4 Å². The minimum atomic E-state index is -0.174. The maximum absolute atomic E-state index is 12.5. The molecule has 6 heteroatoms. The van der Waals surface area contributed by atoms with Gasteiger partial charge in [0.15, 0.2) is 5.65 Å². The molecule has 1 N–H and O–H groups in total. The van der Waals surface area contributed by atoms with E-state index in [0.717, 1.165) is 38.3 Å². The van der Waals surface area contributed by atoms with Crippen LogP contribution in [0, 0.1) is 6.92 Å². The highest BCUT2D eigenvalue weighted by atomic mass is 35.5. The van der Waals surface area contributed by atoms with E-state index >= 15 is 0 Å².